The Balaban J connectivity index is 0.00000288. The number of piperidine rings is 1. The quantitative estimate of drug-likeness (QED) is 0.698. The second kappa shape index (κ2) is 10.00. The van der Waals surface area contributed by atoms with Crippen LogP contribution < -0.4 is 25.4 Å². The number of methoxy groups -OCH3 is 1. The Morgan fingerprint density at radius 2 is 2.12 bits per heavy atom. The average Bonchev–Trinajstić information content (AvgIpc) is 2.60. The summed E-state index contributed by atoms with van der Waals surface area (Å²) in [6, 6.07) is 5.06. The van der Waals surface area contributed by atoms with Gasteiger partial charge in [-0.2, -0.15) is 0 Å². The van der Waals surface area contributed by atoms with Crippen molar-refractivity contribution in [3.05, 3.63) is 23.8 Å². The largest absolute Gasteiger partial charge is 0.493 e. The maximum atomic E-state index is 12.3. The molecule has 2 rings (SSSR count). The summed E-state index contributed by atoms with van der Waals surface area (Å²) in [5.74, 6) is 0.462. The number of hydrogen-bond donors (Lipinski definition) is 3. The van der Waals surface area contributed by atoms with Gasteiger partial charge < -0.3 is 25.4 Å². The molecule has 1 saturated heterocycles. The van der Waals surface area contributed by atoms with Crippen LogP contribution in [0.4, 0.5) is 0 Å². The van der Waals surface area contributed by atoms with Crippen molar-refractivity contribution in [2.45, 2.75) is 18.9 Å². The van der Waals surface area contributed by atoms with E-state index >= 15 is 0 Å². The Kier molecular flexibility index (Phi) is 8.35. The summed E-state index contributed by atoms with van der Waals surface area (Å²) in [6.07, 6.45) is 2.03. The van der Waals surface area contributed by atoms with E-state index in [4.69, 9.17) is 9.47 Å². The number of likely N-dealkylation sites (N-methyl/N-ethyl adjacent to an activating group) is 1. The third-order valence-corrected chi connectivity index (χ3v) is 3.70. The number of amides is 2. The lowest BCUT2D eigenvalue weighted by Gasteiger charge is -2.24. The number of nitrogens with one attached hydrogen (secondary N) is 3. The fourth-order valence-electron chi connectivity index (χ4n) is 2.39. The van der Waals surface area contributed by atoms with Gasteiger partial charge in [0, 0.05) is 25.2 Å². The molecule has 0 spiro atoms. The van der Waals surface area contributed by atoms with Gasteiger partial charge in [0.1, 0.15) is 0 Å². The van der Waals surface area contributed by atoms with Crippen LogP contribution in [0, 0.1) is 0 Å². The maximum Gasteiger partial charge on any atom is 0.257 e. The van der Waals surface area contributed by atoms with E-state index < -0.39 is 0 Å². The van der Waals surface area contributed by atoms with Crippen LogP contribution in [-0.4, -0.2) is 51.7 Å². The molecule has 7 nitrogen and oxygen atoms in total. The van der Waals surface area contributed by atoms with Gasteiger partial charge in [-0.1, -0.05) is 0 Å². The molecule has 0 saturated carbocycles. The van der Waals surface area contributed by atoms with Gasteiger partial charge in [-0.3, -0.25) is 9.59 Å². The molecule has 1 unspecified atom stereocenters. The molecule has 1 aromatic carbocycles. The van der Waals surface area contributed by atoms with Gasteiger partial charge in [0.25, 0.3) is 11.8 Å². The van der Waals surface area contributed by atoms with Crippen molar-refractivity contribution in [2.24, 2.45) is 0 Å². The van der Waals surface area contributed by atoms with Crippen LogP contribution in [0.25, 0.3) is 0 Å². The number of halogens is 1. The van der Waals surface area contributed by atoms with E-state index in [-0.39, 0.29) is 36.9 Å². The zero-order valence-corrected chi connectivity index (χ0v) is 14.7. The summed E-state index contributed by atoms with van der Waals surface area (Å²) in [5.41, 5.74) is 0.500. The van der Waals surface area contributed by atoms with E-state index in [1.54, 1.807) is 18.2 Å². The molecule has 8 heteroatoms. The second-order valence-corrected chi connectivity index (χ2v) is 5.34. The SMILES string of the molecule is CNC(=O)COc1ccc(C(=O)NC2CCCNC2)cc1OC.Cl. The maximum absolute atomic E-state index is 12.3. The fourth-order valence-corrected chi connectivity index (χ4v) is 2.39. The molecule has 134 valence electrons. The molecule has 3 N–H and O–H groups in total. The molecule has 0 aliphatic carbocycles. The molecule has 1 fully saturated rings. The van der Waals surface area contributed by atoms with Gasteiger partial charge >= 0.3 is 0 Å². The average molecular weight is 358 g/mol. The number of hydrogen-bond acceptors (Lipinski definition) is 5. The first kappa shape index (κ1) is 20.1. The van der Waals surface area contributed by atoms with Gasteiger partial charge in [0.15, 0.2) is 18.1 Å². The highest BCUT2D eigenvalue weighted by molar-refractivity contribution is 5.95. The van der Waals surface area contributed by atoms with Gasteiger partial charge in [0.05, 0.1) is 7.11 Å². The third kappa shape index (κ3) is 5.58. The highest BCUT2D eigenvalue weighted by Crippen LogP contribution is 2.28. The first-order chi connectivity index (χ1) is 11.1. The number of carbonyl (C=O) groups is 2. The van der Waals surface area contributed by atoms with Crippen molar-refractivity contribution in [2.75, 3.05) is 33.9 Å². The molecule has 1 atom stereocenters. The van der Waals surface area contributed by atoms with Crippen LogP contribution in [0.15, 0.2) is 18.2 Å². The molecule has 1 heterocycles. The van der Waals surface area contributed by atoms with Crippen LogP contribution in [0.2, 0.25) is 0 Å². The van der Waals surface area contributed by atoms with Gasteiger partial charge in [0.2, 0.25) is 0 Å². The standard InChI is InChI=1S/C16H23N3O4.ClH/c1-17-15(20)10-23-13-6-5-11(8-14(13)22-2)16(21)19-12-4-3-7-18-9-12;/h5-6,8,12,18H,3-4,7,9-10H2,1-2H3,(H,17,20)(H,19,21);1H. The highest BCUT2D eigenvalue weighted by Gasteiger charge is 2.17. The normalized spacial score (nSPS) is 16.5. The van der Waals surface area contributed by atoms with Crippen molar-refractivity contribution in [1.29, 1.82) is 0 Å². The Labute approximate surface area is 147 Å². The first-order valence-corrected chi connectivity index (χ1v) is 7.67. The minimum absolute atomic E-state index is 0. The number of ether oxygens (including phenoxy) is 2. The Morgan fingerprint density at radius 1 is 1.33 bits per heavy atom. The van der Waals surface area contributed by atoms with Crippen LogP contribution >= 0.6 is 12.4 Å². The van der Waals surface area contributed by atoms with Crippen LogP contribution in [0.5, 0.6) is 11.5 Å². The third-order valence-electron chi connectivity index (χ3n) is 3.70. The summed E-state index contributed by atoms with van der Waals surface area (Å²) < 4.78 is 10.6. The molecule has 0 bridgehead atoms. The Bertz CT molecular complexity index is 562. The van der Waals surface area contributed by atoms with Crippen LogP contribution in [0.1, 0.15) is 23.2 Å². The molecule has 0 radical (unpaired) electrons. The minimum Gasteiger partial charge on any atom is -0.493 e. The van der Waals surface area contributed by atoms with Crippen molar-refractivity contribution in [1.82, 2.24) is 16.0 Å². The van der Waals surface area contributed by atoms with Gasteiger partial charge in [-0.15, -0.1) is 12.4 Å². The minimum atomic E-state index is -0.237. The van der Waals surface area contributed by atoms with E-state index in [0.717, 1.165) is 25.9 Å². The lowest BCUT2D eigenvalue weighted by molar-refractivity contribution is -0.122. The highest BCUT2D eigenvalue weighted by atomic mass is 35.5. The summed E-state index contributed by atoms with van der Waals surface area (Å²) in [4.78, 5) is 23.5. The van der Waals surface area contributed by atoms with E-state index in [9.17, 15) is 9.59 Å². The zero-order chi connectivity index (χ0) is 16.7. The van der Waals surface area contributed by atoms with Crippen molar-refractivity contribution >= 4 is 24.2 Å². The van der Waals surface area contributed by atoms with Crippen LogP contribution in [0.3, 0.4) is 0 Å². The van der Waals surface area contributed by atoms with Gasteiger partial charge in [-0.25, -0.2) is 0 Å². The molecule has 24 heavy (non-hydrogen) atoms. The van der Waals surface area contributed by atoms with Gasteiger partial charge in [-0.05, 0) is 37.6 Å². The summed E-state index contributed by atoms with van der Waals surface area (Å²) >= 11 is 0. The Morgan fingerprint density at radius 3 is 2.75 bits per heavy atom. The van der Waals surface area contributed by atoms with E-state index in [0.29, 0.717) is 17.1 Å². The van der Waals surface area contributed by atoms with Crippen molar-refractivity contribution in [3.63, 3.8) is 0 Å². The predicted octanol–water partition coefficient (Wildman–Crippen LogP) is 0.724. The number of carbonyl (C=O) groups excluding carboxylic acids is 2. The molecular formula is C16H24ClN3O4. The molecule has 1 aliphatic rings. The van der Waals surface area contributed by atoms with Crippen molar-refractivity contribution < 1.29 is 19.1 Å². The molecular weight excluding hydrogens is 334 g/mol. The first-order valence-electron chi connectivity index (χ1n) is 7.67. The summed E-state index contributed by atoms with van der Waals surface area (Å²) in [5, 5.41) is 8.74. The molecule has 1 aliphatic heterocycles. The fraction of sp³-hybridized carbons (Fsp3) is 0.500. The van der Waals surface area contributed by atoms with E-state index in [2.05, 4.69) is 16.0 Å². The Hall–Kier alpha value is -1.99. The van der Waals surface area contributed by atoms with E-state index in [1.165, 1.54) is 14.2 Å². The predicted molar refractivity (Wildman–Crippen MR) is 93.2 cm³/mol. The van der Waals surface area contributed by atoms with Crippen LogP contribution in [-0.2, 0) is 4.79 Å². The smallest absolute Gasteiger partial charge is 0.257 e. The summed E-state index contributed by atoms with van der Waals surface area (Å²) in [7, 11) is 3.03. The molecule has 0 aromatic heterocycles. The molecule has 1 aromatic rings. The number of rotatable bonds is 6. The molecule has 2 amide bonds. The zero-order valence-electron chi connectivity index (χ0n) is 13.9. The lowest BCUT2D eigenvalue weighted by Crippen LogP contribution is -2.45. The monoisotopic (exact) mass is 357 g/mol. The lowest BCUT2D eigenvalue weighted by atomic mass is 10.1. The number of benzene rings is 1. The second-order valence-electron chi connectivity index (χ2n) is 5.34. The van der Waals surface area contributed by atoms with Crippen molar-refractivity contribution in [3.8, 4) is 11.5 Å². The topological polar surface area (TPSA) is 88.7 Å². The van der Waals surface area contributed by atoms with E-state index in [1.807, 2.05) is 0 Å². The summed E-state index contributed by atoms with van der Waals surface area (Å²) in [6.45, 7) is 1.68.